The number of hydrogen-bond acceptors (Lipinski definition) is 2. The van der Waals surface area contributed by atoms with E-state index in [0.717, 1.165) is 16.5 Å². The molecule has 1 heterocycles. The Kier molecular flexibility index (Phi) is 6.40. The third-order valence-electron chi connectivity index (χ3n) is 4.99. The lowest BCUT2D eigenvalue weighted by Gasteiger charge is -2.16. The average molecular weight is 490 g/mol. The second kappa shape index (κ2) is 9.05. The zero-order chi connectivity index (χ0) is 22.1. The van der Waals surface area contributed by atoms with Crippen LogP contribution >= 0.6 is 46.4 Å². The number of fused-ring (bicyclic) bond motifs is 1. The van der Waals surface area contributed by atoms with Crippen molar-refractivity contribution in [3.05, 3.63) is 97.4 Å². The van der Waals surface area contributed by atoms with Crippen LogP contribution in [0.1, 0.15) is 21.5 Å². The molecule has 0 unspecified atom stereocenters. The van der Waals surface area contributed by atoms with Crippen molar-refractivity contribution in [2.24, 2.45) is 0 Å². The molecule has 3 aromatic carbocycles. The fraction of sp³-hybridized carbons (Fsp3) is 0.0833. The second-order valence-electron chi connectivity index (χ2n) is 7.03. The predicted octanol–water partition coefficient (Wildman–Crippen LogP) is 7.75. The highest BCUT2D eigenvalue weighted by Crippen LogP contribution is 2.35. The van der Waals surface area contributed by atoms with Gasteiger partial charge in [-0.15, -0.1) is 0 Å². The zero-order valence-electron chi connectivity index (χ0n) is 16.3. The van der Waals surface area contributed by atoms with Crippen molar-refractivity contribution in [1.82, 2.24) is 10.3 Å². The first-order valence-electron chi connectivity index (χ1n) is 9.42. The number of nitrogens with one attached hydrogen (secondary N) is 1. The fourth-order valence-electron chi connectivity index (χ4n) is 3.46. The van der Waals surface area contributed by atoms with E-state index in [9.17, 15) is 4.79 Å². The lowest BCUT2D eigenvalue weighted by molar-refractivity contribution is 0.0952. The molecule has 1 amide bonds. The number of rotatable bonds is 4. The maximum Gasteiger partial charge on any atom is 0.252 e. The summed E-state index contributed by atoms with van der Waals surface area (Å²) in [6, 6.07) is 18.0. The minimum absolute atomic E-state index is 0.214. The molecule has 0 atom stereocenters. The maximum atomic E-state index is 13.3. The van der Waals surface area contributed by atoms with E-state index in [1.54, 1.807) is 24.3 Å². The monoisotopic (exact) mass is 488 g/mol. The largest absolute Gasteiger partial charge is 0.348 e. The Balaban J connectivity index is 1.77. The molecule has 7 heteroatoms. The number of hydrogen-bond donors (Lipinski definition) is 1. The Morgan fingerprint density at radius 1 is 0.903 bits per heavy atom. The van der Waals surface area contributed by atoms with Crippen LogP contribution in [0.3, 0.4) is 0 Å². The van der Waals surface area contributed by atoms with E-state index >= 15 is 0 Å². The van der Waals surface area contributed by atoms with E-state index in [-0.39, 0.29) is 5.91 Å². The van der Waals surface area contributed by atoms with E-state index in [1.807, 2.05) is 43.3 Å². The summed E-state index contributed by atoms with van der Waals surface area (Å²) in [4.78, 5) is 18.1. The predicted molar refractivity (Wildman–Crippen MR) is 130 cm³/mol. The van der Waals surface area contributed by atoms with Gasteiger partial charge in [-0.3, -0.25) is 4.79 Å². The van der Waals surface area contributed by atoms with Crippen molar-refractivity contribution in [2.45, 2.75) is 13.5 Å². The highest BCUT2D eigenvalue weighted by Gasteiger charge is 2.20. The summed E-state index contributed by atoms with van der Waals surface area (Å²) < 4.78 is 0. The van der Waals surface area contributed by atoms with Crippen LogP contribution in [-0.4, -0.2) is 10.9 Å². The molecule has 1 N–H and O–H groups in total. The van der Waals surface area contributed by atoms with Gasteiger partial charge < -0.3 is 5.32 Å². The third kappa shape index (κ3) is 4.51. The van der Waals surface area contributed by atoms with Gasteiger partial charge >= 0.3 is 0 Å². The molecule has 0 aliphatic heterocycles. The Labute approximate surface area is 199 Å². The van der Waals surface area contributed by atoms with Crippen LogP contribution in [0, 0.1) is 6.92 Å². The van der Waals surface area contributed by atoms with E-state index in [2.05, 4.69) is 5.32 Å². The molecule has 0 aliphatic carbocycles. The van der Waals surface area contributed by atoms with Gasteiger partial charge in [-0.1, -0.05) is 70.7 Å². The number of aromatic nitrogens is 1. The number of carbonyl (C=O) groups excluding carboxylic acids is 1. The zero-order valence-corrected chi connectivity index (χ0v) is 19.4. The first-order chi connectivity index (χ1) is 14.8. The van der Waals surface area contributed by atoms with Crippen LogP contribution < -0.4 is 5.32 Å². The van der Waals surface area contributed by atoms with Crippen molar-refractivity contribution in [3.63, 3.8) is 0 Å². The maximum absolute atomic E-state index is 13.3. The quantitative estimate of drug-likeness (QED) is 0.318. The summed E-state index contributed by atoms with van der Waals surface area (Å²) in [5, 5.41) is 5.66. The Morgan fingerprint density at radius 3 is 2.42 bits per heavy atom. The standard InChI is InChI=1S/C24H16Cl4N2O/c1-13-22(24(31)29-12-14-6-9-18(26)20(28)10-14)17-4-2-3-5-21(17)30-23(13)16-8-7-15(25)11-19(16)27/h2-11H,12H2,1H3,(H,29,31). The molecule has 0 radical (unpaired) electrons. The second-order valence-corrected chi connectivity index (χ2v) is 8.69. The molecule has 0 saturated carbocycles. The normalized spacial score (nSPS) is 11.0. The highest BCUT2D eigenvalue weighted by atomic mass is 35.5. The lowest BCUT2D eigenvalue weighted by atomic mass is 9.97. The van der Waals surface area contributed by atoms with Crippen LogP contribution in [0.25, 0.3) is 22.2 Å². The van der Waals surface area contributed by atoms with Gasteiger partial charge in [0.25, 0.3) is 5.91 Å². The molecule has 0 saturated heterocycles. The van der Waals surface area contributed by atoms with Gasteiger partial charge in [0.15, 0.2) is 0 Å². The molecule has 156 valence electrons. The molecule has 0 aliphatic rings. The van der Waals surface area contributed by atoms with Gasteiger partial charge in [-0.25, -0.2) is 4.98 Å². The molecule has 0 fully saturated rings. The molecule has 31 heavy (non-hydrogen) atoms. The van der Waals surface area contributed by atoms with Gasteiger partial charge in [-0.2, -0.15) is 0 Å². The van der Waals surface area contributed by atoms with Gasteiger partial charge in [-0.05, 0) is 54.4 Å². The Hall–Kier alpha value is -2.30. The van der Waals surface area contributed by atoms with Crippen LogP contribution in [-0.2, 0) is 6.54 Å². The highest BCUT2D eigenvalue weighted by molar-refractivity contribution is 6.42. The minimum atomic E-state index is -0.214. The summed E-state index contributed by atoms with van der Waals surface area (Å²) >= 11 is 24.6. The van der Waals surface area contributed by atoms with Gasteiger partial charge in [0, 0.05) is 22.5 Å². The van der Waals surface area contributed by atoms with E-state index < -0.39 is 0 Å². The summed E-state index contributed by atoms with van der Waals surface area (Å²) in [5.41, 5.74) is 4.18. The lowest BCUT2D eigenvalue weighted by Crippen LogP contribution is -2.24. The number of para-hydroxylation sites is 1. The molecule has 3 nitrogen and oxygen atoms in total. The topological polar surface area (TPSA) is 42.0 Å². The van der Waals surface area contributed by atoms with Crippen LogP contribution in [0.5, 0.6) is 0 Å². The SMILES string of the molecule is Cc1c(-c2ccc(Cl)cc2Cl)nc2ccccc2c1C(=O)NCc1ccc(Cl)c(Cl)c1. The first-order valence-corrected chi connectivity index (χ1v) is 10.9. The number of benzene rings is 3. The molecular formula is C24H16Cl4N2O. The minimum Gasteiger partial charge on any atom is -0.348 e. The number of amides is 1. The van der Waals surface area contributed by atoms with Gasteiger partial charge in [0.05, 0.1) is 31.8 Å². The number of halogens is 4. The van der Waals surface area contributed by atoms with Crippen molar-refractivity contribution in [2.75, 3.05) is 0 Å². The van der Waals surface area contributed by atoms with Gasteiger partial charge in [0.1, 0.15) is 0 Å². The van der Waals surface area contributed by atoms with Gasteiger partial charge in [0.2, 0.25) is 0 Å². The van der Waals surface area contributed by atoms with E-state index in [1.165, 1.54) is 0 Å². The van der Waals surface area contributed by atoms with Crippen LogP contribution in [0.15, 0.2) is 60.7 Å². The molecule has 1 aromatic heterocycles. The van der Waals surface area contributed by atoms with E-state index in [4.69, 9.17) is 51.4 Å². The smallest absolute Gasteiger partial charge is 0.252 e. The van der Waals surface area contributed by atoms with Crippen LogP contribution in [0.2, 0.25) is 20.1 Å². The number of carbonyl (C=O) groups is 1. The Morgan fingerprint density at radius 2 is 1.68 bits per heavy atom. The molecule has 0 bridgehead atoms. The third-order valence-corrected chi connectivity index (χ3v) is 6.27. The Bertz CT molecular complexity index is 1320. The summed E-state index contributed by atoms with van der Waals surface area (Å²) in [5.74, 6) is -0.214. The molecule has 4 aromatic rings. The number of nitrogens with zero attached hydrogens (tertiary/aromatic N) is 1. The first kappa shape index (κ1) is 21.9. The van der Waals surface area contributed by atoms with Crippen molar-refractivity contribution < 1.29 is 4.79 Å². The fourth-order valence-corrected chi connectivity index (χ4v) is 4.28. The van der Waals surface area contributed by atoms with E-state index in [0.29, 0.717) is 49.0 Å². The summed E-state index contributed by atoms with van der Waals surface area (Å²) in [6.45, 7) is 2.18. The summed E-state index contributed by atoms with van der Waals surface area (Å²) in [6.07, 6.45) is 0. The average Bonchev–Trinajstić information content (AvgIpc) is 2.74. The molecule has 0 spiro atoms. The molecular weight excluding hydrogens is 474 g/mol. The number of pyridine rings is 1. The molecule has 4 rings (SSSR count). The van der Waals surface area contributed by atoms with Crippen molar-refractivity contribution >= 4 is 63.2 Å². The van der Waals surface area contributed by atoms with Crippen LogP contribution in [0.4, 0.5) is 0 Å². The summed E-state index contributed by atoms with van der Waals surface area (Å²) in [7, 11) is 0. The van der Waals surface area contributed by atoms with Crippen molar-refractivity contribution in [1.29, 1.82) is 0 Å². The van der Waals surface area contributed by atoms with Crippen molar-refractivity contribution in [3.8, 4) is 11.3 Å².